The summed E-state index contributed by atoms with van der Waals surface area (Å²) in [6, 6.07) is 2.98. The summed E-state index contributed by atoms with van der Waals surface area (Å²) in [5.41, 5.74) is 10.4. The number of hydrogen-bond donors (Lipinski definition) is 3. The van der Waals surface area contributed by atoms with E-state index >= 15 is 0 Å². The summed E-state index contributed by atoms with van der Waals surface area (Å²) in [4.78, 5) is 29.9. The molecule has 2 unspecified atom stereocenters. The SMILES string of the molecule is Cc1c(F)cc2nc3c(c4c2c1CCC4(N)CCO)Cn1c-3cc2c(c1=O)COC(=O)C2O. The molecule has 0 saturated heterocycles. The van der Waals surface area contributed by atoms with Gasteiger partial charge in [0.05, 0.1) is 29.0 Å². The third-order valence-electron chi connectivity index (χ3n) is 7.45. The van der Waals surface area contributed by atoms with Gasteiger partial charge in [0.15, 0.2) is 6.10 Å². The van der Waals surface area contributed by atoms with Crippen LogP contribution in [-0.2, 0) is 34.6 Å². The first-order valence-electron chi connectivity index (χ1n) is 10.9. The summed E-state index contributed by atoms with van der Waals surface area (Å²) in [7, 11) is 0. The molecular weight excluding hydrogens is 429 g/mol. The Kier molecular flexibility index (Phi) is 4.15. The summed E-state index contributed by atoms with van der Waals surface area (Å²) in [6.07, 6.45) is -0.141. The van der Waals surface area contributed by atoms with Gasteiger partial charge in [-0.15, -0.1) is 0 Å². The summed E-state index contributed by atoms with van der Waals surface area (Å²) < 4.78 is 21.3. The smallest absolute Gasteiger partial charge is 0.340 e. The first-order chi connectivity index (χ1) is 15.7. The maximum absolute atomic E-state index is 14.8. The Labute approximate surface area is 187 Å². The Balaban J connectivity index is 1.71. The fourth-order valence-corrected chi connectivity index (χ4v) is 5.72. The van der Waals surface area contributed by atoms with E-state index in [0.717, 1.165) is 22.1 Å². The van der Waals surface area contributed by atoms with Crippen LogP contribution in [0.2, 0.25) is 0 Å². The lowest BCUT2D eigenvalue weighted by Crippen LogP contribution is -2.42. The number of ether oxygens (including phenoxy) is 1. The number of nitrogens with zero attached hydrogens (tertiary/aromatic N) is 2. The number of aliphatic hydroxyl groups excluding tert-OH is 2. The molecule has 0 spiro atoms. The number of esters is 1. The zero-order chi connectivity index (χ0) is 23.2. The van der Waals surface area contributed by atoms with Crippen LogP contribution in [0.4, 0.5) is 4.39 Å². The van der Waals surface area contributed by atoms with E-state index in [-0.39, 0.29) is 42.3 Å². The standard InChI is InChI=1S/C24H22FN3O5/c1-10-11-2-3-24(26,4-5-29)19-13-8-28-17(20(13)27-16(18(11)19)7-15(10)25)6-12-14(22(28)31)9-33-23(32)21(12)30/h6-7,21,29-30H,2-5,8-9,26H2,1H3. The van der Waals surface area contributed by atoms with Gasteiger partial charge in [-0.05, 0) is 48.9 Å². The van der Waals surface area contributed by atoms with Gasteiger partial charge in [0.2, 0.25) is 0 Å². The van der Waals surface area contributed by atoms with Crippen molar-refractivity contribution < 1.29 is 24.1 Å². The van der Waals surface area contributed by atoms with Crippen LogP contribution in [-0.4, -0.2) is 32.3 Å². The van der Waals surface area contributed by atoms with Crippen LogP contribution in [0.3, 0.4) is 0 Å². The number of pyridine rings is 2. The van der Waals surface area contributed by atoms with E-state index in [1.807, 2.05) is 0 Å². The van der Waals surface area contributed by atoms with Gasteiger partial charge >= 0.3 is 5.97 Å². The van der Waals surface area contributed by atoms with Crippen molar-refractivity contribution in [3.05, 3.63) is 61.7 Å². The second-order valence-electron chi connectivity index (χ2n) is 9.16. The highest BCUT2D eigenvalue weighted by Gasteiger charge is 2.41. The van der Waals surface area contributed by atoms with Crippen molar-refractivity contribution in [1.82, 2.24) is 9.55 Å². The Morgan fingerprint density at radius 3 is 2.85 bits per heavy atom. The lowest BCUT2D eigenvalue weighted by molar-refractivity contribution is -0.157. The molecule has 2 atom stereocenters. The van der Waals surface area contributed by atoms with Gasteiger partial charge in [0.25, 0.3) is 5.56 Å². The Hall–Kier alpha value is -3.14. The highest BCUT2D eigenvalue weighted by Crippen LogP contribution is 2.47. The molecule has 0 amide bonds. The number of cyclic esters (lactones) is 1. The van der Waals surface area contributed by atoms with Gasteiger partial charge in [-0.3, -0.25) is 4.79 Å². The van der Waals surface area contributed by atoms with Crippen molar-refractivity contribution in [3.63, 3.8) is 0 Å². The van der Waals surface area contributed by atoms with E-state index in [0.29, 0.717) is 41.7 Å². The van der Waals surface area contributed by atoms with Crippen LogP contribution in [0.25, 0.3) is 22.3 Å². The predicted molar refractivity (Wildman–Crippen MR) is 116 cm³/mol. The van der Waals surface area contributed by atoms with Crippen LogP contribution >= 0.6 is 0 Å². The molecule has 1 aromatic carbocycles. The van der Waals surface area contributed by atoms with Crippen molar-refractivity contribution in [2.75, 3.05) is 6.61 Å². The predicted octanol–water partition coefficient (Wildman–Crippen LogP) is 1.45. The number of halogens is 1. The number of benzene rings is 1. The van der Waals surface area contributed by atoms with Crippen molar-refractivity contribution in [1.29, 1.82) is 0 Å². The third kappa shape index (κ3) is 2.58. The van der Waals surface area contributed by atoms with E-state index in [2.05, 4.69) is 0 Å². The maximum atomic E-state index is 14.8. The number of nitrogens with two attached hydrogens (primary N) is 1. The second-order valence-corrected chi connectivity index (χ2v) is 9.16. The fourth-order valence-electron chi connectivity index (χ4n) is 5.72. The number of aliphatic hydroxyl groups is 2. The molecule has 0 saturated carbocycles. The lowest BCUT2D eigenvalue weighted by atomic mass is 9.72. The average Bonchev–Trinajstić information content (AvgIpc) is 3.14. The summed E-state index contributed by atoms with van der Waals surface area (Å²) in [6.45, 7) is 1.63. The number of fused-ring (bicyclic) bond motifs is 5. The molecule has 0 fully saturated rings. The molecule has 6 rings (SSSR count). The van der Waals surface area contributed by atoms with Crippen LogP contribution in [0.1, 0.15) is 52.3 Å². The van der Waals surface area contributed by atoms with Crippen molar-refractivity contribution in [2.45, 2.75) is 51.0 Å². The minimum absolute atomic E-state index is 0.114. The zero-order valence-corrected chi connectivity index (χ0v) is 17.9. The number of rotatable bonds is 2. The van der Waals surface area contributed by atoms with Crippen LogP contribution in [0, 0.1) is 12.7 Å². The molecule has 0 bridgehead atoms. The van der Waals surface area contributed by atoms with Crippen LogP contribution < -0.4 is 11.3 Å². The van der Waals surface area contributed by atoms with E-state index in [1.54, 1.807) is 13.0 Å². The van der Waals surface area contributed by atoms with Crippen molar-refractivity contribution in [3.8, 4) is 11.4 Å². The maximum Gasteiger partial charge on any atom is 0.340 e. The molecule has 170 valence electrons. The van der Waals surface area contributed by atoms with E-state index in [9.17, 15) is 24.2 Å². The molecule has 4 heterocycles. The average molecular weight is 451 g/mol. The molecule has 2 aliphatic heterocycles. The van der Waals surface area contributed by atoms with Crippen molar-refractivity contribution >= 4 is 16.9 Å². The molecule has 33 heavy (non-hydrogen) atoms. The molecule has 9 heteroatoms. The quantitative estimate of drug-likeness (QED) is 0.394. The first-order valence-corrected chi connectivity index (χ1v) is 10.9. The number of aromatic nitrogens is 2. The molecule has 0 radical (unpaired) electrons. The molecule has 3 aromatic rings. The molecule has 3 aliphatic rings. The topological polar surface area (TPSA) is 128 Å². The van der Waals surface area contributed by atoms with Gasteiger partial charge in [0.1, 0.15) is 12.4 Å². The van der Waals surface area contributed by atoms with E-state index in [1.165, 1.54) is 10.6 Å². The number of hydrogen-bond acceptors (Lipinski definition) is 7. The normalized spacial score (nSPS) is 22.7. The van der Waals surface area contributed by atoms with Gasteiger partial charge in [-0.2, -0.15) is 0 Å². The number of aryl methyl sites for hydroxylation is 1. The van der Waals surface area contributed by atoms with Crippen molar-refractivity contribution in [2.24, 2.45) is 5.73 Å². The summed E-state index contributed by atoms with van der Waals surface area (Å²) in [5.74, 6) is -1.17. The molecule has 1 aliphatic carbocycles. The highest BCUT2D eigenvalue weighted by atomic mass is 19.1. The lowest BCUT2D eigenvalue weighted by Gasteiger charge is -2.37. The fraction of sp³-hybridized carbons (Fsp3) is 0.375. The minimum Gasteiger partial charge on any atom is -0.458 e. The van der Waals surface area contributed by atoms with Gasteiger partial charge in [0, 0.05) is 34.7 Å². The summed E-state index contributed by atoms with van der Waals surface area (Å²) in [5, 5.41) is 20.9. The monoisotopic (exact) mass is 451 g/mol. The molecule has 2 aromatic heterocycles. The molecular formula is C24H22FN3O5. The largest absolute Gasteiger partial charge is 0.458 e. The van der Waals surface area contributed by atoms with Crippen LogP contribution in [0.5, 0.6) is 0 Å². The first kappa shape index (κ1) is 20.5. The Morgan fingerprint density at radius 2 is 2.09 bits per heavy atom. The number of carbonyl (C=O) groups is 1. The molecule has 8 nitrogen and oxygen atoms in total. The number of carbonyl (C=O) groups excluding carboxylic acids is 1. The van der Waals surface area contributed by atoms with E-state index < -0.39 is 17.6 Å². The highest BCUT2D eigenvalue weighted by molar-refractivity contribution is 5.93. The van der Waals surface area contributed by atoms with E-state index in [4.69, 9.17) is 15.5 Å². The molecule has 4 N–H and O–H groups in total. The van der Waals surface area contributed by atoms with Gasteiger partial charge in [-0.25, -0.2) is 14.2 Å². The zero-order valence-electron chi connectivity index (χ0n) is 17.9. The Morgan fingerprint density at radius 1 is 1.30 bits per heavy atom. The summed E-state index contributed by atoms with van der Waals surface area (Å²) >= 11 is 0. The third-order valence-corrected chi connectivity index (χ3v) is 7.45. The van der Waals surface area contributed by atoms with Gasteiger partial charge in [-0.1, -0.05) is 0 Å². The second kappa shape index (κ2) is 6.69. The Bertz CT molecular complexity index is 1460. The minimum atomic E-state index is -1.55. The van der Waals surface area contributed by atoms with Crippen LogP contribution in [0.15, 0.2) is 16.9 Å². The van der Waals surface area contributed by atoms with Gasteiger partial charge < -0.3 is 25.3 Å².